The Kier molecular flexibility index (Phi) is 4.38. The molecule has 1 aliphatic rings. The maximum absolute atomic E-state index is 10.8. The zero-order valence-electron chi connectivity index (χ0n) is 12.8. The van der Waals surface area contributed by atoms with Gasteiger partial charge in [0.1, 0.15) is 6.07 Å². The lowest BCUT2D eigenvalue weighted by Crippen LogP contribution is -2.14. The molecule has 0 N–H and O–H groups in total. The highest BCUT2D eigenvalue weighted by Gasteiger charge is 2.16. The van der Waals surface area contributed by atoms with Crippen LogP contribution in [-0.4, -0.2) is 14.7 Å². The molecule has 0 spiro atoms. The van der Waals surface area contributed by atoms with E-state index in [2.05, 4.69) is 5.10 Å². The number of nitrogens with zero attached hydrogens (tertiary/aromatic N) is 4. The van der Waals surface area contributed by atoms with Crippen molar-refractivity contribution in [1.29, 1.82) is 5.26 Å². The molecular weight excluding hydrogens is 292 g/mol. The third kappa shape index (κ3) is 3.39. The van der Waals surface area contributed by atoms with Gasteiger partial charge in [0.2, 0.25) is 0 Å². The van der Waals surface area contributed by atoms with Crippen LogP contribution in [0.25, 0.3) is 11.1 Å². The molecule has 0 unspecified atom stereocenters. The van der Waals surface area contributed by atoms with Crippen LogP contribution in [-0.2, 0) is 6.54 Å². The Hall–Kier alpha value is -2.68. The minimum atomic E-state index is -0.489. The van der Waals surface area contributed by atoms with E-state index in [1.807, 2.05) is 16.9 Å². The summed E-state index contributed by atoms with van der Waals surface area (Å²) in [6.45, 7) is 0.898. The average Bonchev–Trinajstić information content (AvgIpc) is 3.03. The van der Waals surface area contributed by atoms with Gasteiger partial charge < -0.3 is 0 Å². The maximum atomic E-state index is 10.8. The molecule has 0 amide bonds. The minimum absolute atomic E-state index is 0.0695. The van der Waals surface area contributed by atoms with Gasteiger partial charge in [-0.15, -0.1) is 0 Å². The van der Waals surface area contributed by atoms with Crippen molar-refractivity contribution in [2.45, 2.75) is 38.6 Å². The van der Waals surface area contributed by atoms with Gasteiger partial charge in [-0.3, -0.25) is 14.8 Å². The molecular formula is C17H18N4O2. The van der Waals surface area contributed by atoms with Gasteiger partial charge in [-0.25, -0.2) is 0 Å². The molecule has 1 aliphatic carbocycles. The zero-order valence-corrected chi connectivity index (χ0v) is 12.8. The van der Waals surface area contributed by atoms with Gasteiger partial charge in [-0.05, 0) is 24.8 Å². The third-order valence-electron chi connectivity index (χ3n) is 4.45. The molecule has 0 bridgehead atoms. The second-order valence-corrected chi connectivity index (χ2v) is 6.05. The van der Waals surface area contributed by atoms with Crippen LogP contribution in [0.4, 0.5) is 5.69 Å². The van der Waals surface area contributed by atoms with Crippen LogP contribution in [0.15, 0.2) is 30.6 Å². The fourth-order valence-corrected chi connectivity index (χ4v) is 3.23. The molecule has 1 aromatic carbocycles. The molecule has 0 radical (unpaired) electrons. The van der Waals surface area contributed by atoms with Crippen LogP contribution < -0.4 is 0 Å². The number of benzene rings is 1. The second-order valence-electron chi connectivity index (χ2n) is 6.05. The van der Waals surface area contributed by atoms with Crippen molar-refractivity contribution in [3.8, 4) is 17.2 Å². The maximum Gasteiger partial charge on any atom is 0.270 e. The predicted octanol–water partition coefficient (Wildman–Crippen LogP) is 3.91. The molecule has 1 fully saturated rings. The lowest BCUT2D eigenvalue weighted by Gasteiger charge is -2.21. The summed E-state index contributed by atoms with van der Waals surface area (Å²) in [4.78, 5) is 10.3. The number of hydrogen-bond acceptors (Lipinski definition) is 4. The van der Waals surface area contributed by atoms with E-state index in [0.29, 0.717) is 17.0 Å². The Balaban J connectivity index is 1.82. The Morgan fingerprint density at radius 3 is 2.83 bits per heavy atom. The van der Waals surface area contributed by atoms with Gasteiger partial charge in [0.25, 0.3) is 5.69 Å². The van der Waals surface area contributed by atoms with Crippen LogP contribution in [0.3, 0.4) is 0 Å². The van der Waals surface area contributed by atoms with Crippen molar-refractivity contribution in [2.24, 2.45) is 5.92 Å². The van der Waals surface area contributed by atoms with E-state index in [1.165, 1.54) is 44.2 Å². The van der Waals surface area contributed by atoms with E-state index < -0.39 is 4.92 Å². The number of nitro groups is 1. The first-order chi connectivity index (χ1) is 11.2. The van der Waals surface area contributed by atoms with Crippen molar-refractivity contribution in [1.82, 2.24) is 9.78 Å². The van der Waals surface area contributed by atoms with Crippen LogP contribution in [0.2, 0.25) is 0 Å². The van der Waals surface area contributed by atoms with Crippen molar-refractivity contribution in [3.05, 3.63) is 46.3 Å². The number of nitro benzene ring substituents is 1. The summed E-state index contributed by atoms with van der Waals surface area (Å²) in [5.41, 5.74) is 1.75. The topological polar surface area (TPSA) is 84.8 Å². The van der Waals surface area contributed by atoms with Crippen molar-refractivity contribution in [2.75, 3.05) is 0 Å². The van der Waals surface area contributed by atoms with Crippen LogP contribution >= 0.6 is 0 Å². The highest BCUT2D eigenvalue weighted by Crippen LogP contribution is 2.28. The molecule has 1 heterocycles. The lowest BCUT2D eigenvalue weighted by molar-refractivity contribution is -0.384. The fourth-order valence-electron chi connectivity index (χ4n) is 3.23. The van der Waals surface area contributed by atoms with Gasteiger partial charge in [-0.1, -0.05) is 19.3 Å². The Labute approximate surface area is 134 Å². The molecule has 3 rings (SSSR count). The second kappa shape index (κ2) is 6.61. The molecule has 0 saturated heterocycles. The molecule has 23 heavy (non-hydrogen) atoms. The summed E-state index contributed by atoms with van der Waals surface area (Å²) in [5.74, 6) is 0.670. The van der Waals surface area contributed by atoms with E-state index in [-0.39, 0.29) is 5.69 Å². The van der Waals surface area contributed by atoms with Crippen LogP contribution in [0, 0.1) is 27.4 Å². The number of nitriles is 1. The Bertz CT molecular complexity index is 754. The molecule has 118 valence electrons. The van der Waals surface area contributed by atoms with Crippen molar-refractivity contribution in [3.63, 3.8) is 0 Å². The first-order valence-electron chi connectivity index (χ1n) is 7.89. The molecule has 1 aromatic heterocycles. The number of rotatable bonds is 4. The van der Waals surface area contributed by atoms with Crippen molar-refractivity contribution >= 4 is 5.69 Å². The first kappa shape index (κ1) is 15.2. The van der Waals surface area contributed by atoms with Gasteiger partial charge in [0.15, 0.2) is 0 Å². The summed E-state index contributed by atoms with van der Waals surface area (Å²) in [5, 5.41) is 24.5. The molecule has 6 nitrogen and oxygen atoms in total. The van der Waals surface area contributed by atoms with E-state index in [9.17, 15) is 15.4 Å². The normalized spacial score (nSPS) is 15.3. The summed E-state index contributed by atoms with van der Waals surface area (Å²) in [6.07, 6.45) is 10.1. The number of non-ortho nitro benzene ring substituents is 1. The largest absolute Gasteiger partial charge is 0.272 e. The summed E-state index contributed by atoms with van der Waals surface area (Å²) >= 11 is 0. The van der Waals surface area contributed by atoms with E-state index in [1.54, 1.807) is 12.3 Å². The smallest absolute Gasteiger partial charge is 0.270 e. The molecule has 2 aromatic rings. The van der Waals surface area contributed by atoms with E-state index >= 15 is 0 Å². The lowest BCUT2D eigenvalue weighted by atomic mass is 9.89. The average molecular weight is 310 g/mol. The van der Waals surface area contributed by atoms with E-state index in [4.69, 9.17) is 0 Å². The number of hydrogen-bond donors (Lipinski definition) is 0. The van der Waals surface area contributed by atoms with Gasteiger partial charge in [-0.2, -0.15) is 10.4 Å². The highest BCUT2D eigenvalue weighted by atomic mass is 16.6. The minimum Gasteiger partial charge on any atom is -0.272 e. The summed E-state index contributed by atoms with van der Waals surface area (Å²) in [7, 11) is 0. The predicted molar refractivity (Wildman–Crippen MR) is 85.6 cm³/mol. The molecule has 0 atom stereocenters. The number of aromatic nitrogens is 2. The molecule has 1 saturated carbocycles. The quantitative estimate of drug-likeness (QED) is 0.633. The zero-order chi connectivity index (χ0) is 16.2. The summed E-state index contributed by atoms with van der Waals surface area (Å²) < 4.78 is 1.92. The molecule has 6 heteroatoms. The monoisotopic (exact) mass is 310 g/mol. The van der Waals surface area contributed by atoms with Gasteiger partial charge in [0, 0.05) is 36.0 Å². The SMILES string of the molecule is N#Cc1cc([N+](=O)[O-])ccc1-c1cnn(CC2CCCCC2)c1. The summed E-state index contributed by atoms with van der Waals surface area (Å²) in [6, 6.07) is 6.40. The third-order valence-corrected chi connectivity index (χ3v) is 4.45. The Morgan fingerprint density at radius 2 is 2.13 bits per heavy atom. The van der Waals surface area contributed by atoms with Crippen LogP contribution in [0.1, 0.15) is 37.7 Å². The van der Waals surface area contributed by atoms with Crippen molar-refractivity contribution < 1.29 is 4.92 Å². The van der Waals surface area contributed by atoms with E-state index in [0.717, 1.165) is 12.1 Å². The van der Waals surface area contributed by atoms with Gasteiger partial charge in [0.05, 0.1) is 16.7 Å². The standard InChI is InChI=1S/C17H18N4O2/c18-9-14-8-16(21(22)23)6-7-17(14)15-10-19-20(12-15)11-13-4-2-1-3-5-13/h6-8,10,12-13H,1-5,11H2. The Morgan fingerprint density at radius 1 is 1.35 bits per heavy atom. The highest BCUT2D eigenvalue weighted by molar-refractivity contribution is 5.71. The van der Waals surface area contributed by atoms with Gasteiger partial charge >= 0.3 is 0 Å². The fraction of sp³-hybridized carbons (Fsp3) is 0.412. The molecule has 0 aliphatic heterocycles. The first-order valence-corrected chi connectivity index (χ1v) is 7.89. The van der Waals surface area contributed by atoms with Crippen LogP contribution in [0.5, 0.6) is 0 Å².